The molecule has 1 saturated heterocycles. The number of aryl methyl sites for hydroxylation is 2. The topological polar surface area (TPSA) is 197 Å². The third kappa shape index (κ3) is 5.05. The summed E-state index contributed by atoms with van der Waals surface area (Å²) in [6.45, 7) is 0.131. The predicted octanol–water partition coefficient (Wildman–Crippen LogP) is 1.88. The normalized spacial score (nSPS) is 23.7. The summed E-state index contributed by atoms with van der Waals surface area (Å²) in [5.74, 6) is 0.139. The fraction of sp³-hybridized carbons (Fsp3) is 0.485. The van der Waals surface area contributed by atoms with E-state index in [0.29, 0.717) is 48.0 Å². The van der Waals surface area contributed by atoms with E-state index in [4.69, 9.17) is 11.5 Å². The second-order valence-corrected chi connectivity index (χ2v) is 13.1. The standard InChI is InChI=1S/C33H37N9O3/c34-16-24-13-23-14-28(23)42(24)29(43)17-37-27(18-3-1-2-4-18)15-33(32-38-40-41-39-32)25-9-7-21(30(35)44)11-19(25)5-6-20-12-22(31(36)45)8-10-26(20)33/h7-12,18,23-24,27-28,37H,1-6,13-15,17H2,(H2,35,44)(H2,36,45)(H,38,39,40,41)/t23-,24?,27-,28+/m1/s1. The van der Waals surface area contributed by atoms with Crippen LogP contribution in [-0.4, -0.2) is 67.9 Å². The number of H-pyrrole nitrogens is 1. The number of nitrogens with two attached hydrogens (primary N) is 2. The molecule has 0 spiro atoms. The van der Waals surface area contributed by atoms with Crippen molar-refractivity contribution >= 4 is 17.7 Å². The Morgan fingerprint density at radius 1 is 1.02 bits per heavy atom. The Labute approximate surface area is 260 Å². The Morgan fingerprint density at radius 3 is 2.22 bits per heavy atom. The quantitative estimate of drug-likeness (QED) is 0.283. The molecule has 3 aliphatic carbocycles. The van der Waals surface area contributed by atoms with Crippen LogP contribution in [0, 0.1) is 23.2 Å². The van der Waals surface area contributed by atoms with Gasteiger partial charge in [-0.3, -0.25) is 14.4 Å². The molecule has 3 aromatic rings. The van der Waals surface area contributed by atoms with E-state index in [-0.39, 0.29) is 30.6 Å². The number of tetrazole rings is 1. The van der Waals surface area contributed by atoms with Gasteiger partial charge in [-0.25, -0.2) is 0 Å². The number of piperidine rings is 1. The summed E-state index contributed by atoms with van der Waals surface area (Å²) in [6, 6.07) is 13.1. The smallest absolute Gasteiger partial charge is 0.248 e. The molecule has 2 saturated carbocycles. The van der Waals surface area contributed by atoms with Crippen LogP contribution in [-0.2, 0) is 23.1 Å². The number of nitriles is 1. The van der Waals surface area contributed by atoms with Gasteiger partial charge in [0.05, 0.1) is 18.0 Å². The van der Waals surface area contributed by atoms with Crippen molar-refractivity contribution in [3.8, 4) is 6.07 Å². The van der Waals surface area contributed by atoms with Crippen LogP contribution in [0.3, 0.4) is 0 Å². The van der Waals surface area contributed by atoms with E-state index < -0.39 is 17.2 Å². The number of rotatable bonds is 9. The molecule has 1 aliphatic heterocycles. The molecule has 45 heavy (non-hydrogen) atoms. The van der Waals surface area contributed by atoms with Crippen LogP contribution in [0.4, 0.5) is 0 Å². The summed E-state index contributed by atoms with van der Waals surface area (Å²) in [5.41, 5.74) is 15.0. The monoisotopic (exact) mass is 607 g/mol. The number of benzene rings is 2. The molecular formula is C33H37N9O3. The molecule has 3 amide bonds. The van der Waals surface area contributed by atoms with Gasteiger partial charge in [0.15, 0.2) is 5.82 Å². The number of hydrogen-bond donors (Lipinski definition) is 4. The van der Waals surface area contributed by atoms with Gasteiger partial charge < -0.3 is 21.7 Å². The van der Waals surface area contributed by atoms with Crippen molar-refractivity contribution in [2.75, 3.05) is 6.54 Å². The second-order valence-electron chi connectivity index (χ2n) is 13.1. The Bertz CT molecular complexity index is 1630. The van der Waals surface area contributed by atoms with Gasteiger partial charge in [-0.15, -0.1) is 10.2 Å². The van der Waals surface area contributed by atoms with E-state index in [1.807, 2.05) is 24.3 Å². The number of fused-ring (bicyclic) bond motifs is 3. The Balaban J connectivity index is 1.34. The lowest BCUT2D eigenvalue weighted by atomic mass is 9.66. The number of primary amides is 2. The van der Waals surface area contributed by atoms with E-state index >= 15 is 0 Å². The largest absolute Gasteiger partial charge is 0.366 e. The molecule has 232 valence electrons. The van der Waals surface area contributed by atoms with Gasteiger partial charge in [0, 0.05) is 23.2 Å². The number of hydrogen-bond acceptors (Lipinski definition) is 8. The molecule has 12 heteroatoms. The minimum Gasteiger partial charge on any atom is -0.366 e. The van der Waals surface area contributed by atoms with Crippen molar-refractivity contribution < 1.29 is 14.4 Å². The van der Waals surface area contributed by atoms with Gasteiger partial charge in [0.2, 0.25) is 17.7 Å². The molecular weight excluding hydrogens is 570 g/mol. The van der Waals surface area contributed by atoms with Crippen LogP contribution in [0.2, 0.25) is 0 Å². The minimum absolute atomic E-state index is 0.0398. The summed E-state index contributed by atoms with van der Waals surface area (Å²) in [5, 5.41) is 29.1. The highest BCUT2D eigenvalue weighted by atomic mass is 16.2. The molecule has 1 aromatic heterocycles. The maximum absolute atomic E-state index is 13.6. The minimum atomic E-state index is -0.936. The summed E-state index contributed by atoms with van der Waals surface area (Å²) >= 11 is 0. The zero-order valence-corrected chi connectivity index (χ0v) is 25.0. The zero-order valence-electron chi connectivity index (χ0n) is 25.0. The highest BCUT2D eigenvalue weighted by Crippen LogP contribution is 2.49. The summed E-state index contributed by atoms with van der Waals surface area (Å²) in [7, 11) is 0. The lowest BCUT2D eigenvalue weighted by Gasteiger charge is -2.39. The van der Waals surface area contributed by atoms with Crippen LogP contribution in [0.1, 0.15) is 93.7 Å². The molecule has 12 nitrogen and oxygen atoms in total. The van der Waals surface area contributed by atoms with E-state index in [0.717, 1.165) is 60.8 Å². The average molecular weight is 608 g/mol. The Hall–Kier alpha value is -4.63. The van der Waals surface area contributed by atoms with E-state index in [1.165, 1.54) is 0 Å². The molecule has 6 N–H and O–H groups in total. The molecule has 2 heterocycles. The first-order valence-corrected chi connectivity index (χ1v) is 15.8. The van der Waals surface area contributed by atoms with Gasteiger partial charge in [0.1, 0.15) is 6.04 Å². The van der Waals surface area contributed by atoms with Gasteiger partial charge in [-0.2, -0.15) is 10.5 Å². The lowest BCUT2D eigenvalue weighted by Crippen LogP contribution is -2.49. The van der Waals surface area contributed by atoms with Crippen molar-refractivity contribution in [2.24, 2.45) is 23.3 Å². The molecule has 4 aliphatic rings. The van der Waals surface area contributed by atoms with Crippen molar-refractivity contribution in [1.82, 2.24) is 30.8 Å². The third-order valence-corrected chi connectivity index (χ3v) is 10.6. The summed E-state index contributed by atoms with van der Waals surface area (Å²) < 4.78 is 0. The number of carbonyl (C=O) groups is 3. The number of carbonyl (C=O) groups excluding carboxylic acids is 3. The summed E-state index contributed by atoms with van der Waals surface area (Å²) in [4.78, 5) is 39.9. The fourth-order valence-corrected chi connectivity index (χ4v) is 8.39. The Kier molecular flexibility index (Phi) is 7.36. The maximum Gasteiger partial charge on any atom is 0.248 e. The molecule has 0 radical (unpaired) electrons. The molecule has 0 bridgehead atoms. The van der Waals surface area contributed by atoms with Gasteiger partial charge in [-0.05, 0) is 103 Å². The van der Waals surface area contributed by atoms with Crippen molar-refractivity contribution in [2.45, 2.75) is 81.3 Å². The van der Waals surface area contributed by atoms with Gasteiger partial charge in [-0.1, -0.05) is 30.2 Å². The fourth-order valence-electron chi connectivity index (χ4n) is 8.39. The number of nitrogens with zero attached hydrogens (tertiary/aromatic N) is 5. The maximum atomic E-state index is 13.6. The summed E-state index contributed by atoms with van der Waals surface area (Å²) in [6.07, 6.45) is 7.68. The van der Waals surface area contributed by atoms with E-state index in [9.17, 15) is 19.6 Å². The zero-order chi connectivity index (χ0) is 31.3. The van der Waals surface area contributed by atoms with E-state index in [1.54, 1.807) is 17.0 Å². The SMILES string of the molecule is N#CC1C[C@@H]2C[C@@H]2N1C(=O)CN[C@H](CC1(c2nn[nH]n2)c2ccc(C(N)=O)cc2CCc2cc(C(N)=O)ccc21)C1CCCC1. The van der Waals surface area contributed by atoms with Crippen LogP contribution in [0.15, 0.2) is 36.4 Å². The molecule has 2 aromatic carbocycles. The predicted molar refractivity (Wildman–Crippen MR) is 163 cm³/mol. The van der Waals surface area contributed by atoms with Gasteiger partial charge >= 0.3 is 0 Å². The molecule has 4 atom stereocenters. The second kappa shape index (κ2) is 11.4. The van der Waals surface area contributed by atoms with Gasteiger partial charge in [0.25, 0.3) is 0 Å². The Morgan fingerprint density at radius 2 is 1.67 bits per heavy atom. The van der Waals surface area contributed by atoms with Crippen molar-refractivity contribution in [1.29, 1.82) is 5.26 Å². The third-order valence-electron chi connectivity index (χ3n) is 10.6. The lowest BCUT2D eigenvalue weighted by molar-refractivity contribution is -0.131. The highest BCUT2D eigenvalue weighted by Gasteiger charge is 2.54. The van der Waals surface area contributed by atoms with Crippen molar-refractivity contribution in [3.05, 3.63) is 75.6 Å². The molecule has 3 fully saturated rings. The first kappa shape index (κ1) is 29.1. The van der Waals surface area contributed by atoms with Crippen LogP contribution >= 0.6 is 0 Å². The van der Waals surface area contributed by atoms with Crippen LogP contribution < -0.4 is 16.8 Å². The van der Waals surface area contributed by atoms with Crippen LogP contribution in [0.5, 0.6) is 0 Å². The number of likely N-dealkylation sites (tertiary alicyclic amines) is 1. The molecule has 1 unspecified atom stereocenters. The van der Waals surface area contributed by atoms with Crippen molar-refractivity contribution in [3.63, 3.8) is 0 Å². The number of aromatic amines is 1. The van der Waals surface area contributed by atoms with E-state index in [2.05, 4.69) is 32.0 Å². The number of amides is 3. The first-order valence-electron chi connectivity index (χ1n) is 15.8. The van der Waals surface area contributed by atoms with Crippen LogP contribution in [0.25, 0.3) is 0 Å². The highest BCUT2D eigenvalue weighted by molar-refractivity contribution is 5.94. The number of nitrogens with one attached hydrogen (secondary N) is 2. The molecule has 7 rings (SSSR count). The average Bonchev–Trinajstić information content (AvgIpc) is 3.46. The first-order chi connectivity index (χ1) is 21.8. The number of aromatic nitrogens is 4.